The number of hydrogen-bond donors (Lipinski definition) is 1. The van der Waals surface area contributed by atoms with E-state index in [9.17, 15) is 14.4 Å². The third-order valence-corrected chi connectivity index (χ3v) is 2.31. The number of aldehydes is 3. The molecular weight excluding hydrogens is 266 g/mol. The van der Waals surface area contributed by atoms with E-state index in [4.69, 9.17) is 19.9 Å². The van der Waals surface area contributed by atoms with E-state index in [0.717, 1.165) is 18.9 Å². The highest BCUT2D eigenvalue weighted by Crippen LogP contribution is 2.05. The second-order valence-electron chi connectivity index (χ2n) is 4.39. The van der Waals surface area contributed by atoms with Crippen LogP contribution in [0.1, 0.15) is 19.3 Å². The molecule has 0 unspecified atom stereocenters. The molecule has 0 aromatic heterocycles. The van der Waals surface area contributed by atoms with E-state index in [0.29, 0.717) is 19.3 Å². The normalized spacial score (nSPS) is 11.2. The highest BCUT2D eigenvalue weighted by molar-refractivity contribution is 5.49. The molecule has 0 atom stereocenters. The van der Waals surface area contributed by atoms with Crippen LogP contribution in [0.15, 0.2) is 0 Å². The van der Waals surface area contributed by atoms with E-state index in [1.54, 1.807) is 0 Å². The largest absolute Gasteiger partial charge is 0.379 e. The van der Waals surface area contributed by atoms with Gasteiger partial charge in [0, 0.05) is 19.3 Å². The van der Waals surface area contributed by atoms with Crippen LogP contribution in [-0.2, 0) is 28.6 Å². The summed E-state index contributed by atoms with van der Waals surface area (Å²) in [5.74, 6) is 0. The average Bonchev–Trinajstić information content (AvgIpc) is 2.45. The Morgan fingerprint density at radius 2 is 1.00 bits per heavy atom. The van der Waals surface area contributed by atoms with Crippen molar-refractivity contribution in [3.05, 3.63) is 0 Å². The Labute approximate surface area is 118 Å². The van der Waals surface area contributed by atoms with E-state index in [1.807, 2.05) is 0 Å². The SMILES string of the molecule is NC(COCCC=O)(COCCC=O)COCCC=O. The molecule has 116 valence electrons. The molecule has 7 nitrogen and oxygen atoms in total. The molecule has 0 aliphatic heterocycles. The van der Waals surface area contributed by atoms with Crippen molar-refractivity contribution in [2.45, 2.75) is 24.8 Å². The van der Waals surface area contributed by atoms with Crippen LogP contribution in [0.5, 0.6) is 0 Å². The van der Waals surface area contributed by atoms with Gasteiger partial charge in [-0.05, 0) is 0 Å². The second kappa shape index (κ2) is 12.9. The van der Waals surface area contributed by atoms with E-state index < -0.39 is 5.54 Å². The van der Waals surface area contributed by atoms with Gasteiger partial charge < -0.3 is 34.3 Å². The predicted octanol–water partition coefficient (Wildman–Crippen LogP) is -0.499. The van der Waals surface area contributed by atoms with Gasteiger partial charge in [0.2, 0.25) is 0 Å². The monoisotopic (exact) mass is 289 g/mol. The third kappa shape index (κ3) is 10.7. The Hall–Kier alpha value is -1.15. The van der Waals surface area contributed by atoms with Crippen LogP contribution < -0.4 is 5.73 Å². The van der Waals surface area contributed by atoms with Gasteiger partial charge in [0.15, 0.2) is 0 Å². The standard InChI is InChI=1S/C13H23NO6/c14-13(10-18-7-1-4-15,11-19-8-2-5-16)12-20-9-3-6-17/h4-6H,1-3,7-12,14H2. The number of hydrogen-bond acceptors (Lipinski definition) is 7. The van der Waals surface area contributed by atoms with Gasteiger partial charge in [0.25, 0.3) is 0 Å². The zero-order valence-corrected chi connectivity index (χ0v) is 11.6. The molecule has 0 heterocycles. The lowest BCUT2D eigenvalue weighted by molar-refractivity contribution is -0.109. The molecule has 2 N–H and O–H groups in total. The Bertz CT molecular complexity index is 231. The van der Waals surface area contributed by atoms with Crippen LogP contribution >= 0.6 is 0 Å². The number of ether oxygens (including phenoxy) is 3. The van der Waals surface area contributed by atoms with Crippen molar-refractivity contribution in [2.75, 3.05) is 39.6 Å². The first-order valence-corrected chi connectivity index (χ1v) is 6.51. The summed E-state index contributed by atoms with van der Waals surface area (Å²) in [5, 5.41) is 0. The van der Waals surface area contributed by atoms with Crippen molar-refractivity contribution in [3.63, 3.8) is 0 Å². The minimum absolute atomic E-state index is 0.170. The molecule has 7 heteroatoms. The highest BCUT2D eigenvalue weighted by Gasteiger charge is 2.26. The molecule has 0 amide bonds. The Balaban J connectivity index is 4.07. The molecule has 0 radical (unpaired) electrons. The molecule has 0 fully saturated rings. The zero-order valence-electron chi connectivity index (χ0n) is 11.6. The Kier molecular flexibility index (Phi) is 12.1. The summed E-state index contributed by atoms with van der Waals surface area (Å²) >= 11 is 0. The van der Waals surface area contributed by atoms with Crippen molar-refractivity contribution in [3.8, 4) is 0 Å². The molecule has 0 aliphatic rings. The minimum atomic E-state index is -0.866. The smallest absolute Gasteiger partial charge is 0.122 e. The molecule has 0 saturated heterocycles. The molecular formula is C13H23NO6. The first-order chi connectivity index (χ1) is 9.68. The molecule has 0 bridgehead atoms. The fourth-order valence-corrected chi connectivity index (χ4v) is 1.35. The number of carbonyl (C=O) groups is 3. The van der Waals surface area contributed by atoms with Crippen LogP contribution in [0, 0.1) is 0 Å². The van der Waals surface area contributed by atoms with Crippen LogP contribution in [-0.4, -0.2) is 64.0 Å². The Morgan fingerprint density at radius 1 is 0.700 bits per heavy atom. The van der Waals surface area contributed by atoms with Crippen LogP contribution in [0.3, 0.4) is 0 Å². The number of rotatable bonds is 15. The Morgan fingerprint density at radius 3 is 1.25 bits per heavy atom. The van der Waals surface area contributed by atoms with Crippen molar-refractivity contribution in [1.82, 2.24) is 0 Å². The maximum atomic E-state index is 10.2. The summed E-state index contributed by atoms with van der Waals surface area (Å²) in [7, 11) is 0. The molecule has 0 aromatic carbocycles. The fourth-order valence-electron chi connectivity index (χ4n) is 1.35. The van der Waals surface area contributed by atoms with Crippen molar-refractivity contribution in [1.29, 1.82) is 0 Å². The minimum Gasteiger partial charge on any atom is -0.379 e. The maximum absolute atomic E-state index is 10.2. The van der Waals surface area contributed by atoms with Gasteiger partial charge in [0.05, 0.1) is 45.2 Å². The van der Waals surface area contributed by atoms with Crippen LogP contribution in [0.25, 0.3) is 0 Å². The first kappa shape index (κ1) is 18.9. The topological polar surface area (TPSA) is 105 Å². The second-order valence-corrected chi connectivity index (χ2v) is 4.39. The lowest BCUT2D eigenvalue weighted by Crippen LogP contribution is -2.53. The van der Waals surface area contributed by atoms with Gasteiger partial charge in [-0.25, -0.2) is 0 Å². The van der Waals surface area contributed by atoms with E-state index in [-0.39, 0.29) is 39.6 Å². The summed E-state index contributed by atoms with van der Waals surface area (Å²) in [4.78, 5) is 30.6. The summed E-state index contributed by atoms with van der Waals surface area (Å²) in [6.45, 7) is 1.36. The lowest BCUT2D eigenvalue weighted by Gasteiger charge is -2.28. The molecule has 0 saturated carbocycles. The van der Waals surface area contributed by atoms with Crippen LogP contribution in [0.4, 0.5) is 0 Å². The van der Waals surface area contributed by atoms with Gasteiger partial charge in [-0.2, -0.15) is 0 Å². The van der Waals surface area contributed by atoms with Gasteiger partial charge in [0.1, 0.15) is 18.9 Å². The summed E-state index contributed by atoms with van der Waals surface area (Å²) in [6, 6.07) is 0. The van der Waals surface area contributed by atoms with Crippen molar-refractivity contribution < 1.29 is 28.6 Å². The first-order valence-electron chi connectivity index (χ1n) is 6.51. The van der Waals surface area contributed by atoms with E-state index in [2.05, 4.69) is 0 Å². The van der Waals surface area contributed by atoms with Crippen molar-refractivity contribution in [2.24, 2.45) is 5.73 Å². The summed E-state index contributed by atoms with van der Waals surface area (Å²) in [6.07, 6.45) is 3.19. The van der Waals surface area contributed by atoms with Crippen LogP contribution in [0.2, 0.25) is 0 Å². The highest BCUT2D eigenvalue weighted by atomic mass is 16.5. The third-order valence-electron chi connectivity index (χ3n) is 2.31. The number of nitrogens with two attached hydrogens (primary N) is 1. The van der Waals surface area contributed by atoms with Crippen molar-refractivity contribution >= 4 is 18.9 Å². The van der Waals surface area contributed by atoms with Gasteiger partial charge >= 0.3 is 0 Å². The zero-order chi connectivity index (χ0) is 15.1. The molecule has 0 aliphatic carbocycles. The van der Waals surface area contributed by atoms with Gasteiger partial charge in [-0.3, -0.25) is 0 Å². The van der Waals surface area contributed by atoms with Gasteiger partial charge in [-0.1, -0.05) is 0 Å². The van der Waals surface area contributed by atoms with E-state index in [1.165, 1.54) is 0 Å². The average molecular weight is 289 g/mol. The molecule has 0 rings (SSSR count). The lowest BCUT2D eigenvalue weighted by atomic mass is 10.1. The fraction of sp³-hybridized carbons (Fsp3) is 0.769. The molecule has 20 heavy (non-hydrogen) atoms. The molecule has 0 spiro atoms. The maximum Gasteiger partial charge on any atom is 0.122 e. The van der Waals surface area contributed by atoms with E-state index >= 15 is 0 Å². The summed E-state index contributed by atoms with van der Waals surface area (Å²) in [5.41, 5.74) is 5.24. The predicted molar refractivity (Wildman–Crippen MR) is 71.4 cm³/mol. The quantitative estimate of drug-likeness (QED) is 0.320. The number of carbonyl (C=O) groups excluding carboxylic acids is 3. The van der Waals surface area contributed by atoms with Gasteiger partial charge in [-0.15, -0.1) is 0 Å². The summed E-state index contributed by atoms with van der Waals surface area (Å²) < 4.78 is 15.9. The molecule has 0 aromatic rings.